The van der Waals surface area contributed by atoms with Gasteiger partial charge < -0.3 is 49.6 Å². The molecule has 1 aromatic carbocycles. The minimum atomic E-state index is -1.62. The van der Waals surface area contributed by atoms with E-state index >= 15 is 0 Å². The number of carbonyl (C=O) groups is 1. The van der Waals surface area contributed by atoms with Crippen LogP contribution in [0.2, 0.25) is 0 Å². The van der Waals surface area contributed by atoms with Crippen LogP contribution in [0.3, 0.4) is 0 Å². The molecule has 0 aromatic heterocycles. The average molecular weight is 466 g/mol. The van der Waals surface area contributed by atoms with E-state index in [1.807, 2.05) is 0 Å². The summed E-state index contributed by atoms with van der Waals surface area (Å²) in [5.74, 6) is -1.68. The highest BCUT2D eigenvalue weighted by atomic mass is 16.8. The van der Waals surface area contributed by atoms with Gasteiger partial charge in [-0.2, -0.15) is 0 Å². The molecule has 3 aliphatic rings. The molecule has 11 nitrogen and oxygen atoms in total. The number of aliphatic hydroxyl groups is 5. The van der Waals surface area contributed by atoms with Gasteiger partial charge in [0.25, 0.3) is 0 Å². The molecule has 1 saturated heterocycles. The number of carbonyl (C=O) groups excluding carboxylic acids is 1. The van der Waals surface area contributed by atoms with Crippen LogP contribution in [-0.2, 0) is 18.9 Å². The largest absolute Gasteiger partial charge is 0.508 e. The van der Waals surface area contributed by atoms with E-state index in [0.29, 0.717) is 5.57 Å². The van der Waals surface area contributed by atoms with Gasteiger partial charge in [-0.15, -0.1) is 0 Å². The Bertz CT molecular complexity index is 896. The number of hydrogen-bond acceptors (Lipinski definition) is 11. The Balaban J connectivity index is 1.49. The first kappa shape index (κ1) is 23.6. The first-order valence-electron chi connectivity index (χ1n) is 10.4. The van der Waals surface area contributed by atoms with Crippen LogP contribution in [0.4, 0.5) is 0 Å². The molecular formula is C22H26O11. The van der Waals surface area contributed by atoms with Crippen molar-refractivity contribution in [3.8, 4) is 5.75 Å². The fourth-order valence-electron chi connectivity index (χ4n) is 4.26. The quantitative estimate of drug-likeness (QED) is 0.219. The fraction of sp³-hybridized carbons (Fsp3) is 0.500. The zero-order valence-corrected chi connectivity index (χ0v) is 17.4. The fourth-order valence-corrected chi connectivity index (χ4v) is 4.26. The zero-order valence-electron chi connectivity index (χ0n) is 17.4. The molecule has 0 spiro atoms. The molecule has 1 fully saturated rings. The molecule has 0 unspecified atom stereocenters. The average Bonchev–Trinajstić information content (AvgIpc) is 3.18. The van der Waals surface area contributed by atoms with E-state index in [9.17, 15) is 35.4 Å². The van der Waals surface area contributed by atoms with Crippen molar-refractivity contribution in [3.63, 3.8) is 0 Å². The van der Waals surface area contributed by atoms with Crippen LogP contribution in [0.15, 0.2) is 48.3 Å². The predicted molar refractivity (Wildman–Crippen MR) is 108 cm³/mol. The molecule has 0 saturated carbocycles. The van der Waals surface area contributed by atoms with Crippen molar-refractivity contribution in [3.05, 3.63) is 53.8 Å². The van der Waals surface area contributed by atoms with E-state index in [4.69, 9.17) is 18.9 Å². The lowest BCUT2D eigenvalue weighted by Crippen LogP contribution is -2.60. The number of rotatable bonds is 6. The maximum Gasteiger partial charge on any atom is 0.338 e. The van der Waals surface area contributed by atoms with Crippen LogP contribution < -0.4 is 0 Å². The molecule has 2 heterocycles. The van der Waals surface area contributed by atoms with E-state index in [-0.39, 0.29) is 17.9 Å². The Morgan fingerprint density at radius 3 is 2.39 bits per heavy atom. The normalized spacial score (nSPS) is 37.7. The first-order valence-corrected chi connectivity index (χ1v) is 10.4. The van der Waals surface area contributed by atoms with Crippen molar-refractivity contribution < 1.29 is 54.4 Å². The molecule has 0 bridgehead atoms. The molecule has 11 heteroatoms. The Morgan fingerprint density at radius 1 is 1.00 bits per heavy atom. The number of hydrogen-bond donors (Lipinski definition) is 6. The molecule has 9 atom stereocenters. The SMILES string of the molecule is O=C(O[C@H]1C=C(CO)[C@H]2[C@@H](O[C@H]3O[C@@H](CO)[C@H](O)[C@@H](O)[C@@H]3O)OC=C[C@@H]21)c1ccc(O)cc1. The minimum Gasteiger partial charge on any atom is -0.508 e. The van der Waals surface area contributed by atoms with Gasteiger partial charge in [-0.3, -0.25) is 0 Å². The lowest BCUT2D eigenvalue weighted by molar-refractivity contribution is -0.339. The number of phenols is 1. The third-order valence-electron chi connectivity index (χ3n) is 6.05. The van der Waals surface area contributed by atoms with E-state index in [1.165, 1.54) is 30.5 Å². The number of ether oxygens (including phenoxy) is 4. The number of esters is 1. The van der Waals surface area contributed by atoms with Gasteiger partial charge in [0.2, 0.25) is 6.29 Å². The number of fused-ring (bicyclic) bond motifs is 1. The van der Waals surface area contributed by atoms with Gasteiger partial charge in [0.15, 0.2) is 6.29 Å². The Kier molecular flexibility index (Phi) is 7.00. The van der Waals surface area contributed by atoms with E-state index in [2.05, 4.69) is 0 Å². The maximum absolute atomic E-state index is 12.5. The molecule has 0 amide bonds. The summed E-state index contributed by atoms with van der Waals surface area (Å²) in [6.07, 6.45) is -4.61. The van der Waals surface area contributed by atoms with Crippen LogP contribution in [0.25, 0.3) is 0 Å². The summed E-state index contributed by atoms with van der Waals surface area (Å²) < 4.78 is 22.3. The van der Waals surface area contributed by atoms with Crippen molar-refractivity contribution in [2.45, 2.75) is 43.1 Å². The zero-order chi connectivity index (χ0) is 23.7. The molecule has 1 aromatic rings. The summed E-state index contributed by atoms with van der Waals surface area (Å²) in [5, 5.41) is 58.8. The molecule has 0 radical (unpaired) electrons. The van der Waals surface area contributed by atoms with Crippen molar-refractivity contribution in [2.75, 3.05) is 13.2 Å². The van der Waals surface area contributed by atoms with Gasteiger partial charge >= 0.3 is 5.97 Å². The molecular weight excluding hydrogens is 440 g/mol. The summed E-state index contributed by atoms with van der Waals surface area (Å²) >= 11 is 0. The summed E-state index contributed by atoms with van der Waals surface area (Å²) in [7, 11) is 0. The minimum absolute atomic E-state index is 0.00971. The van der Waals surface area contributed by atoms with E-state index < -0.39 is 67.5 Å². The van der Waals surface area contributed by atoms with Crippen molar-refractivity contribution >= 4 is 5.97 Å². The molecule has 6 N–H and O–H groups in total. The smallest absolute Gasteiger partial charge is 0.338 e. The summed E-state index contributed by atoms with van der Waals surface area (Å²) in [6, 6.07) is 5.57. The van der Waals surface area contributed by atoms with Gasteiger partial charge in [0.05, 0.1) is 31.0 Å². The van der Waals surface area contributed by atoms with Crippen molar-refractivity contribution in [1.82, 2.24) is 0 Å². The lowest BCUT2D eigenvalue weighted by atomic mass is 9.88. The summed E-state index contributed by atoms with van der Waals surface area (Å²) in [4.78, 5) is 12.5. The molecule has 180 valence electrons. The standard InChI is InChI=1S/C22H26O11/c23-8-11-7-14(31-20(29)10-1-3-12(25)4-2-10)13-5-6-30-21(16(11)13)33-22-19(28)18(27)17(26)15(9-24)32-22/h1-7,13-19,21-28H,8-9H2/t13-,14+,15+,16-,17+,18-,19+,21-,22-/m1/s1. The lowest BCUT2D eigenvalue weighted by Gasteiger charge is -2.42. The highest BCUT2D eigenvalue weighted by Crippen LogP contribution is 2.42. The topological polar surface area (TPSA) is 175 Å². The van der Waals surface area contributed by atoms with Gasteiger partial charge in [0, 0.05) is 5.92 Å². The van der Waals surface area contributed by atoms with Crippen LogP contribution in [0.1, 0.15) is 10.4 Å². The van der Waals surface area contributed by atoms with Crippen LogP contribution in [-0.4, -0.2) is 92.9 Å². The van der Waals surface area contributed by atoms with Gasteiger partial charge in [-0.25, -0.2) is 4.79 Å². The highest BCUT2D eigenvalue weighted by molar-refractivity contribution is 5.89. The van der Waals surface area contributed by atoms with Gasteiger partial charge in [-0.05, 0) is 42.0 Å². The molecule has 33 heavy (non-hydrogen) atoms. The molecule has 2 aliphatic heterocycles. The second-order valence-corrected chi connectivity index (χ2v) is 8.09. The third kappa shape index (κ3) is 4.62. The number of benzene rings is 1. The molecule has 4 rings (SSSR count). The van der Waals surface area contributed by atoms with Crippen molar-refractivity contribution in [1.29, 1.82) is 0 Å². The second-order valence-electron chi connectivity index (χ2n) is 8.09. The van der Waals surface area contributed by atoms with E-state index in [1.54, 1.807) is 12.2 Å². The molecule has 1 aliphatic carbocycles. The number of aliphatic hydroxyl groups excluding tert-OH is 5. The highest BCUT2D eigenvalue weighted by Gasteiger charge is 2.50. The van der Waals surface area contributed by atoms with Gasteiger partial charge in [-0.1, -0.05) is 0 Å². The predicted octanol–water partition coefficient (Wildman–Crippen LogP) is -1.23. The van der Waals surface area contributed by atoms with Crippen LogP contribution in [0.5, 0.6) is 5.75 Å². The maximum atomic E-state index is 12.5. The summed E-state index contributed by atoms with van der Waals surface area (Å²) in [6.45, 7) is -0.987. The summed E-state index contributed by atoms with van der Waals surface area (Å²) in [5.41, 5.74) is 0.711. The van der Waals surface area contributed by atoms with Crippen molar-refractivity contribution in [2.24, 2.45) is 11.8 Å². The Morgan fingerprint density at radius 2 is 1.73 bits per heavy atom. The Hall–Kier alpha value is -2.51. The second kappa shape index (κ2) is 9.77. The van der Waals surface area contributed by atoms with Crippen LogP contribution >= 0.6 is 0 Å². The third-order valence-corrected chi connectivity index (χ3v) is 6.05. The van der Waals surface area contributed by atoms with Gasteiger partial charge in [0.1, 0.15) is 36.3 Å². The monoisotopic (exact) mass is 466 g/mol. The Labute approximate surface area is 188 Å². The van der Waals surface area contributed by atoms with E-state index in [0.717, 1.165) is 0 Å². The van der Waals surface area contributed by atoms with Crippen LogP contribution in [0, 0.1) is 11.8 Å². The first-order chi connectivity index (χ1) is 15.8. The number of phenolic OH excluding ortho intramolecular Hbond substituents is 1. The number of aromatic hydroxyl groups is 1.